The van der Waals surface area contributed by atoms with Crippen LogP contribution in [0, 0.1) is 6.92 Å². The molecule has 5 heteroatoms. The van der Waals surface area contributed by atoms with Crippen molar-refractivity contribution in [2.75, 3.05) is 13.1 Å². The quantitative estimate of drug-likeness (QED) is 0.617. The SMILES string of the molecule is Cc1csc(CN2CCC(=NO)CC2)n1. The highest BCUT2D eigenvalue weighted by Crippen LogP contribution is 2.15. The predicted octanol–water partition coefficient (Wildman–Crippen LogP) is 1.88. The van der Waals surface area contributed by atoms with Crippen LogP contribution >= 0.6 is 11.3 Å². The first kappa shape index (κ1) is 10.6. The zero-order valence-electron chi connectivity index (χ0n) is 8.81. The third-order valence-electron chi connectivity index (χ3n) is 2.60. The van der Waals surface area contributed by atoms with E-state index in [9.17, 15) is 0 Å². The van der Waals surface area contributed by atoms with Crippen LogP contribution in [0.5, 0.6) is 0 Å². The number of rotatable bonds is 2. The van der Waals surface area contributed by atoms with Crippen molar-refractivity contribution in [3.8, 4) is 0 Å². The van der Waals surface area contributed by atoms with Crippen LogP contribution in [0.4, 0.5) is 0 Å². The van der Waals surface area contributed by atoms with Crippen molar-refractivity contribution in [1.29, 1.82) is 0 Å². The fourth-order valence-corrected chi connectivity index (χ4v) is 2.55. The van der Waals surface area contributed by atoms with Gasteiger partial charge in [-0.05, 0) is 6.92 Å². The molecule has 0 spiro atoms. The molecule has 1 N–H and O–H groups in total. The average Bonchev–Trinajstić information content (AvgIpc) is 2.65. The van der Waals surface area contributed by atoms with Gasteiger partial charge in [-0.3, -0.25) is 4.90 Å². The molecule has 15 heavy (non-hydrogen) atoms. The molecular weight excluding hydrogens is 210 g/mol. The Morgan fingerprint density at radius 3 is 2.80 bits per heavy atom. The molecule has 1 saturated heterocycles. The molecule has 2 heterocycles. The minimum Gasteiger partial charge on any atom is -0.411 e. The van der Waals surface area contributed by atoms with E-state index in [0.717, 1.165) is 43.9 Å². The Kier molecular flexibility index (Phi) is 3.33. The van der Waals surface area contributed by atoms with Gasteiger partial charge in [-0.1, -0.05) is 5.16 Å². The number of likely N-dealkylation sites (tertiary alicyclic amines) is 1. The summed E-state index contributed by atoms with van der Waals surface area (Å²) >= 11 is 1.72. The number of hydrogen-bond acceptors (Lipinski definition) is 5. The highest BCUT2D eigenvalue weighted by atomic mass is 32.1. The largest absolute Gasteiger partial charge is 0.411 e. The molecule has 0 radical (unpaired) electrons. The topological polar surface area (TPSA) is 48.7 Å². The van der Waals surface area contributed by atoms with Gasteiger partial charge in [0.2, 0.25) is 0 Å². The molecule has 0 aliphatic carbocycles. The number of aromatic nitrogens is 1. The van der Waals surface area contributed by atoms with Crippen molar-refractivity contribution >= 4 is 17.0 Å². The van der Waals surface area contributed by atoms with Crippen molar-refractivity contribution in [3.63, 3.8) is 0 Å². The minimum atomic E-state index is 0.876. The van der Waals surface area contributed by atoms with Gasteiger partial charge in [-0.25, -0.2) is 4.98 Å². The highest BCUT2D eigenvalue weighted by molar-refractivity contribution is 7.09. The van der Waals surface area contributed by atoms with Gasteiger partial charge in [-0.15, -0.1) is 11.3 Å². The normalized spacial score (nSPS) is 18.1. The zero-order chi connectivity index (χ0) is 10.7. The van der Waals surface area contributed by atoms with E-state index in [-0.39, 0.29) is 0 Å². The Morgan fingerprint density at radius 1 is 1.53 bits per heavy atom. The van der Waals surface area contributed by atoms with Gasteiger partial charge >= 0.3 is 0 Å². The number of oxime groups is 1. The smallest absolute Gasteiger partial charge is 0.107 e. The van der Waals surface area contributed by atoms with Crippen LogP contribution in [0.15, 0.2) is 10.5 Å². The summed E-state index contributed by atoms with van der Waals surface area (Å²) < 4.78 is 0. The summed E-state index contributed by atoms with van der Waals surface area (Å²) in [6.07, 6.45) is 1.75. The first-order chi connectivity index (χ1) is 7.28. The molecule has 1 fully saturated rings. The van der Waals surface area contributed by atoms with E-state index in [4.69, 9.17) is 5.21 Å². The molecular formula is C10H15N3OS. The van der Waals surface area contributed by atoms with Gasteiger partial charge in [0.05, 0.1) is 12.3 Å². The number of thiazole rings is 1. The number of nitrogens with zero attached hydrogens (tertiary/aromatic N) is 3. The first-order valence-electron chi connectivity index (χ1n) is 5.11. The molecule has 0 atom stereocenters. The molecule has 0 amide bonds. The Balaban J connectivity index is 1.87. The molecule has 0 bridgehead atoms. The van der Waals surface area contributed by atoms with E-state index >= 15 is 0 Å². The van der Waals surface area contributed by atoms with Gasteiger partial charge in [0, 0.05) is 37.0 Å². The Bertz CT molecular complexity index is 351. The Hall–Kier alpha value is -0.940. The molecule has 2 rings (SSSR count). The predicted molar refractivity (Wildman–Crippen MR) is 60.6 cm³/mol. The summed E-state index contributed by atoms with van der Waals surface area (Å²) in [6.45, 7) is 4.89. The van der Waals surface area contributed by atoms with Gasteiger partial charge in [0.1, 0.15) is 5.01 Å². The van der Waals surface area contributed by atoms with Gasteiger partial charge < -0.3 is 5.21 Å². The summed E-state index contributed by atoms with van der Waals surface area (Å²) in [7, 11) is 0. The van der Waals surface area contributed by atoms with E-state index in [0.29, 0.717) is 0 Å². The minimum absolute atomic E-state index is 0.876. The lowest BCUT2D eigenvalue weighted by atomic mass is 10.1. The Morgan fingerprint density at radius 2 is 2.27 bits per heavy atom. The summed E-state index contributed by atoms with van der Waals surface area (Å²) in [5.74, 6) is 0. The summed E-state index contributed by atoms with van der Waals surface area (Å²) in [5, 5.41) is 15.2. The van der Waals surface area contributed by atoms with Crippen LogP contribution in [-0.2, 0) is 6.54 Å². The van der Waals surface area contributed by atoms with Crippen LogP contribution in [-0.4, -0.2) is 33.9 Å². The van der Waals surface area contributed by atoms with Gasteiger partial charge in [0.15, 0.2) is 0 Å². The fourth-order valence-electron chi connectivity index (χ4n) is 1.74. The second-order valence-electron chi connectivity index (χ2n) is 3.83. The van der Waals surface area contributed by atoms with Crippen LogP contribution < -0.4 is 0 Å². The van der Waals surface area contributed by atoms with E-state index < -0.39 is 0 Å². The maximum absolute atomic E-state index is 8.63. The fraction of sp³-hybridized carbons (Fsp3) is 0.600. The number of piperidine rings is 1. The molecule has 0 unspecified atom stereocenters. The zero-order valence-corrected chi connectivity index (χ0v) is 9.63. The van der Waals surface area contributed by atoms with E-state index in [2.05, 4.69) is 20.4 Å². The highest BCUT2D eigenvalue weighted by Gasteiger charge is 2.16. The second-order valence-corrected chi connectivity index (χ2v) is 4.77. The van der Waals surface area contributed by atoms with Crippen LogP contribution in [0.2, 0.25) is 0 Å². The van der Waals surface area contributed by atoms with E-state index in [1.165, 1.54) is 5.01 Å². The van der Waals surface area contributed by atoms with Crippen molar-refractivity contribution in [2.45, 2.75) is 26.3 Å². The molecule has 1 aliphatic rings. The maximum atomic E-state index is 8.63. The molecule has 1 aromatic heterocycles. The monoisotopic (exact) mass is 225 g/mol. The number of hydrogen-bond donors (Lipinski definition) is 1. The Labute approximate surface area is 93.2 Å². The van der Waals surface area contributed by atoms with E-state index in [1.54, 1.807) is 11.3 Å². The third-order valence-corrected chi connectivity index (χ3v) is 3.55. The average molecular weight is 225 g/mol. The maximum Gasteiger partial charge on any atom is 0.107 e. The molecule has 1 aromatic rings. The summed E-state index contributed by atoms with van der Waals surface area (Å²) in [4.78, 5) is 6.80. The third kappa shape index (κ3) is 2.76. The molecule has 0 saturated carbocycles. The molecule has 82 valence electrons. The first-order valence-corrected chi connectivity index (χ1v) is 5.99. The van der Waals surface area contributed by atoms with Crippen LogP contribution in [0.3, 0.4) is 0 Å². The summed E-state index contributed by atoms with van der Waals surface area (Å²) in [6, 6.07) is 0. The molecule has 1 aliphatic heterocycles. The lowest BCUT2D eigenvalue weighted by Crippen LogP contribution is -2.33. The van der Waals surface area contributed by atoms with Crippen molar-refractivity contribution in [2.24, 2.45) is 5.16 Å². The number of aryl methyl sites for hydroxylation is 1. The van der Waals surface area contributed by atoms with Crippen molar-refractivity contribution in [3.05, 3.63) is 16.1 Å². The second kappa shape index (κ2) is 4.72. The lowest BCUT2D eigenvalue weighted by Gasteiger charge is -2.25. The van der Waals surface area contributed by atoms with Crippen LogP contribution in [0.1, 0.15) is 23.5 Å². The summed E-state index contributed by atoms with van der Waals surface area (Å²) in [5.41, 5.74) is 2.02. The van der Waals surface area contributed by atoms with Crippen molar-refractivity contribution < 1.29 is 5.21 Å². The van der Waals surface area contributed by atoms with E-state index in [1.807, 2.05) is 6.92 Å². The molecule has 4 nitrogen and oxygen atoms in total. The standard InChI is InChI=1S/C10H15N3OS/c1-8-7-15-10(11-8)6-13-4-2-9(12-14)3-5-13/h7,14H,2-6H2,1H3. The molecule has 0 aromatic carbocycles. The van der Waals surface area contributed by atoms with Gasteiger partial charge in [0.25, 0.3) is 0 Å². The van der Waals surface area contributed by atoms with Crippen LogP contribution in [0.25, 0.3) is 0 Å². The lowest BCUT2D eigenvalue weighted by molar-refractivity contribution is 0.256. The van der Waals surface area contributed by atoms with Gasteiger partial charge in [-0.2, -0.15) is 0 Å². The van der Waals surface area contributed by atoms with Crippen molar-refractivity contribution in [1.82, 2.24) is 9.88 Å².